The second kappa shape index (κ2) is 12.0. The quantitative estimate of drug-likeness (QED) is 0.182. The number of hydrogen-bond donors (Lipinski definition) is 0. The van der Waals surface area contributed by atoms with Crippen molar-refractivity contribution in [1.29, 1.82) is 0 Å². The summed E-state index contributed by atoms with van der Waals surface area (Å²) in [5, 5.41) is 1.06. The first-order chi connectivity index (χ1) is 24.1. The third kappa shape index (κ3) is 5.42. The van der Waals surface area contributed by atoms with Gasteiger partial charge in [-0.2, -0.15) is 0 Å². The van der Waals surface area contributed by atoms with Gasteiger partial charge in [-0.15, -0.1) is 0 Å². The van der Waals surface area contributed by atoms with Gasteiger partial charge in [0.15, 0.2) is 11.5 Å². The van der Waals surface area contributed by atoms with Gasteiger partial charge in [0.2, 0.25) is 9.84 Å². The number of hydrogen-bond acceptors (Lipinski definition) is 5. The van der Waals surface area contributed by atoms with Gasteiger partial charge in [-0.05, 0) is 95.3 Å². The van der Waals surface area contributed by atoms with Crippen molar-refractivity contribution in [1.82, 2.24) is 4.98 Å². The minimum atomic E-state index is -3.66. The Morgan fingerprint density at radius 3 is 1.78 bits per heavy atom. The van der Waals surface area contributed by atoms with Gasteiger partial charge >= 0.3 is 0 Å². The summed E-state index contributed by atoms with van der Waals surface area (Å²) in [7, 11) is -3.66. The maximum Gasteiger partial charge on any atom is 0.206 e. The molecule has 0 saturated carbocycles. The van der Waals surface area contributed by atoms with Crippen LogP contribution < -0.4 is 9.64 Å². The van der Waals surface area contributed by atoms with Gasteiger partial charge in [-0.3, -0.25) is 0 Å². The van der Waals surface area contributed by atoms with Gasteiger partial charge in [0.25, 0.3) is 0 Å². The fraction of sp³-hybridized carbons (Fsp3) is 0.114. The average molecular weight is 673 g/mol. The molecule has 1 aliphatic rings. The predicted molar refractivity (Wildman–Crippen MR) is 203 cm³/mol. The van der Waals surface area contributed by atoms with Crippen molar-refractivity contribution in [2.45, 2.75) is 42.9 Å². The highest BCUT2D eigenvalue weighted by molar-refractivity contribution is 7.91. The van der Waals surface area contributed by atoms with E-state index in [-0.39, 0.29) is 15.2 Å². The van der Waals surface area contributed by atoms with Crippen LogP contribution in [-0.4, -0.2) is 13.4 Å². The summed E-state index contributed by atoms with van der Waals surface area (Å²) >= 11 is 0. The normalized spacial score (nSPS) is 12.7. The summed E-state index contributed by atoms with van der Waals surface area (Å²) in [6, 6.07) is 46.9. The summed E-state index contributed by atoms with van der Waals surface area (Å²) < 4.78 is 33.2. The first-order valence-electron chi connectivity index (χ1n) is 16.7. The number of para-hydroxylation sites is 4. The van der Waals surface area contributed by atoms with Crippen LogP contribution in [-0.2, 0) is 15.3 Å². The Morgan fingerprint density at radius 1 is 0.600 bits per heavy atom. The molecule has 0 bridgehead atoms. The molecule has 7 aromatic rings. The molecule has 0 spiro atoms. The maximum atomic E-state index is 13.4. The lowest BCUT2D eigenvalue weighted by Gasteiger charge is -2.33. The summed E-state index contributed by atoms with van der Waals surface area (Å²) in [6.45, 7) is 8.79. The van der Waals surface area contributed by atoms with Crippen molar-refractivity contribution in [2.75, 3.05) is 4.90 Å². The van der Waals surface area contributed by atoms with Crippen LogP contribution in [0.5, 0.6) is 11.5 Å². The maximum absolute atomic E-state index is 13.4. The van der Waals surface area contributed by atoms with Crippen LogP contribution in [0.2, 0.25) is 0 Å². The number of sulfone groups is 1. The molecule has 1 aliphatic heterocycles. The molecule has 6 heteroatoms. The van der Waals surface area contributed by atoms with Crippen LogP contribution >= 0.6 is 0 Å². The number of fused-ring (bicyclic) bond motifs is 3. The molecule has 0 N–H and O–H groups in total. The van der Waals surface area contributed by atoms with E-state index in [4.69, 9.17) is 9.72 Å². The second-order valence-electron chi connectivity index (χ2n) is 13.7. The molecule has 0 aliphatic carbocycles. The molecule has 0 saturated heterocycles. The second-order valence-corrected chi connectivity index (χ2v) is 15.7. The van der Waals surface area contributed by atoms with Gasteiger partial charge in [0, 0.05) is 10.9 Å². The topological polar surface area (TPSA) is 59.5 Å². The van der Waals surface area contributed by atoms with E-state index in [0.29, 0.717) is 0 Å². The summed E-state index contributed by atoms with van der Waals surface area (Å²) in [5.74, 6) is 1.54. The molecule has 8 rings (SSSR count). The predicted octanol–water partition coefficient (Wildman–Crippen LogP) is 11.6. The molecule has 50 heavy (non-hydrogen) atoms. The molecule has 6 aromatic carbocycles. The van der Waals surface area contributed by atoms with Crippen molar-refractivity contribution < 1.29 is 13.2 Å². The van der Waals surface area contributed by atoms with Gasteiger partial charge < -0.3 is 9.64 Å². The van der Waals surface area contributed by atoms with Crippen LogP contribution in [0.1, 0.15) is 31.9 Å². The number of aromatic nitrogens is 1. The van der Waals surface area contributed by atoms with Crippen molar-refractivity contribution in [2.24, 2.45) is 0 Å². The number of benzene rings is 6. The van der Waals surface area contributed by atoms with E-state index in [1.54, 1.807) is 36.4 Å². The van der Waals surface area contributed by atoms with Gasteiger partial charge in [-0.1, -0.05) is 106 Å². The number of ether oxygens (including phenoxy) is 1. The molecule has 2 heterocycles. The van der Waals surface area contributed by atoms with Crippen LogP contribution in [0, 0.1) is 6.92 Å². The van der Waals surface area contributed by atoms with E-state index in [2.05, 4.69) is 87.2 Å². The molecule has 0 amide bonds. The zero-order valence-corrected chi connectivity index (χ0v) is 29.2. The molecule has 5 nitrogen and oxygen atoms in total. The fourth-order valence-electron chi connectivity index (χ4n) is 6.71. The lowest BCUT2D eigenvalue weighted by Crippen LogP contribution is -2.16. The van der Waals surface area contributed by atoms with Crippen molar-refractivity contribution >= 4 is 37.8 Å². The molecular formula is C44H36N2O3S. The third-order valence-electron chi connectivity index (χ3n) is 9.40. The van der Waals surface area contributed by atoms with E-state index in [1.165, 1.54) is 5.56 Å². The Labute approximate surface area is 293 Å². The Balaban J connectivity index is 1.37. The smallest absolute Gasteiger partial charge is 0.206 e. The van der Waals surface area contributed by atoms with Gasteiger partial charge in [-0.25, -0.2) is 13.4 Å². The van der Waals surface area contributed by atoms with Crippen molar-refractivity contribution in [3.8, 4) is 33.9 Å². The average Bonchev–Trinajstić information content (AvgIpc) is 3.14. The van der Waals surface area contributed by atoms with Crippen LogP contribution in [0.3, 0.4) is 0 Å². The van der Waals surface area contributed by atoms with Crippen LogP contribution in [0.15, 0.2) is 155 Å². The molecular weight excluding hydrogens is 637 g/mol. The monoisotopic (exact) mass is 672 g/mol. The Kier molecular flexibility index (Phi) is 7.57. The summed E-state index contributed by atoms with van der Waals surface area (Å²) in [6.07, 6.45) is 0. The number of aryl methyl sites for hydroxylation is 1. The highest BCUT2D eigenvalue weighted by atomic mass is 32.2. The lowest BCUT2D eigenvalue weighted by atomic mass is 9.85. The molecule has 0 unspecified atom stereocenters. The van der Waals surface area contributed by atoms with E-state index in [0.717, 1.165) is 67.4 Å². The zero-order valence-electron chi connectivity index (χ0n) is 28.4. The van der Waals surface area contributed by atoms with Crippen LogP contribution in [0.4, 0.5) is 17.1 Å². The van der Waals surface area contributed by atoms with Crippen LogP contribution in [0.25, 0.3) is 33.3 Å². The Morgan fingerprint density at radius 2 is 1.16 bits per heavy atom. The largest absolute Gasteiger partial charge is 0.453 e. The number of pyridine rings is 1. The summed E-state index contributed by atoms with van der Waals surface area (Å²) in [5.41, 5.74) is 9.71. The first-order valence-corrected chi connectivity index (χ1v) is 18.2. The summed E-state index contributed by atoms with van der Waals surface area (Å²) in [4.78, 5) is 8.13. The molecule has 0 fully saturated rings. The standard InChI is InChI=1S/C44H36N2O3S/c1-29-18-27-39(46-37-14-8-10-16-40(37)49-41-17-11-9-15-38(41)46)43-42(29)35(30-19-23-32(24-20-30)44(2,3)4)28-36(45-43)31-21-25-34(26-22-31)50(47,48)33-12-6-5-7-13-33/h5-28H,1-4H3. The number of nitrogens with zero attached hydrogens (tertiary/aromatic N) is 2. The molecule has 0 radical (unpaired) electrons. The lowest BCUT2D eigenvalue weighted by molar-refractivity contribution is 0.477. The molecule has 1 aromatic heterocycles. The van der Waals surface area contributed by atoms with Gasteiger partial charge in [0.1, 0.15) is 0 Å². The third-order valence-corrected chi connectivity index (χ3v) is 11.2. The van der Waals surface area contributed by atoms with E-state index in [1.807, 2.05) is 54.6 Å². The van der Waals surface area contributed by atoms with E-state index in [9.17, 15) is 8.42 Å². The SMILES string of the molecule is Cc1ccc(N2c3ccccc3Oc3ccccc32)c2nc(-c3ccc(S(=O)(=O)c4ccccc4)cc3)cc(-c3ccc(C(C)(C)C)cc3)c12. The fourth-order valence-corrected chi connectivity index (χ4v) is 7.99. The van der Waals surface area contributed by atoms with E-state index < -0.39 is 9.84 Å². The van der Waals surface area contributed by atoms with Crippen molar-refractivity contribution in [3.63, 3.8) is 0 Å². The minimum absolute atomic E-state index is 0.0199. The Bertz CT molecular complexity index is 2460. The number of anilines is 3. The highest BCUT2D eigenvalue weighted by Crippen LogP contribution is 2.52. The minimum Gasteiger partial charge on any atom is -0.453 e. The molecule has 246 valence electrons. The molecule has 0 atom stereocenters. The Hall–Kier alpha value is -5.72. The van der Waals surface area contributed by atoms with Gasteiger partial charge in [0.05, 0.1) is 38.1 Å². The number of rotatable bonds is 5. The van der Waals surface area contributed by atoms with E-state index >= 15 is 0 Å². The highest BCUT2D eigenvalue weighted by Gasteiger charge is 2.28. The first kappa shape index (κ1) is 31.5. The van der Waals surface area contributed by atoms with Crippen molar-refractivity contribution in [3.05, 3.63) is 157 Å². The zero-order chi connectivity index (χ0) is 34.6.